The fourth-order valence-corrected chi connectivity index (χ4v) is 4.66. The first kappa shape index (κ1) is 13.6. The highest BCUT2D eigenvalue weighted by atomic mass is 79.9. The molecule has 1 unspecified atom stereocenters. The number of furan rings is 1. The predicted molar refractivity (Wildman–Crippen MR) is 79.0 cm³/mol. The molecule has 2 aromatic rings. The lowest BCUT2D eigenvalue weighted by atomic mass is 10.1. The molecule has 0 aliphatic carbocycles. The quantitative estimate of drug-likeness (QED) is 0.763. The maximum absolute atomic E-state index is 5.82. The Morgan fingerprint density at radius 1 is 1.47 bits per heavy atom. The molecule has 17 heavy (non-hydrogen) atoms. The van der Waals surface area contributed by atoms with Gasteiger partial charge in [-0.05, 0) is 68.2 Å². The van der Waals surface area contributed by atoms with Gasteiger partial charge in [0.1, 0.15) is 5.76 Å². The zero-order valence-corrected chi connectivity index (χ0v) is 13.7. The zero-order valence-electron chi connectivity index (χ0n) is 8.97. The molecule has 0 radical (unpaired) electrons. The summed E-state index contributed by atoms with van der Waals surface area (Å²) in [5.41, 5.74) is 1.15. The van der Waals surface area contributed by atoms with Crippen LogP contribution in [0.1, 0.15) is 24.3 Å². The molecular weight excluding hydrogens is 389 g/mol. The van der Waals surface area contributed by atoms with Gasteiger partial charge in [-0.2, -0.15) is 0 Å². The first-order valence-corrected chi connectivity index (χ1v) is 7.83. The van der Waals surface area contributed by atoms with Gasteiger partial charge in [0, 0.05) is 5.56 Å². The summed E-state index contributed by atoms with van der Waals surface area (Å²) in [5, 5.41) is 3.80. The Kier molecular flexibility index (Phi) is 4.72. The molecular formula is C11H10Br2ClNOS. The molecule has 0 saturated heterocycles. The fraction of sp³-hybridized carbons (Fsp3) is 0.273. The van der Waals surface area contributed by atoms with Crippen molar-refractivity contribution in [2.75, 3.05) is 6.54 Å². The normalized spacial score (nSPS) is 12.9. The van der Waals surface area contributed by atoms with Crippen molar-refractivity contribution < 1.29 is 4.42 Å². The first-order chi connectivity index (χ1) is 8.11. The van der Waals surface area contributed by atoms with E-state index in [-0.39, 0.29) is 6.04 Å². The van der Waals surface area contributed by atoms with E-state index in [1.165, 1.54) is 0 Å². The summed E-state index contributed by atoms with van der Waals surface area (Å²) in [4.78, 5) is 0. The van der Waals surface area contributed by atoms with Gasteiger partial charge in [-0.3, -0.25) is 0 Å². The summed E-state index contributed by atoms with van der Waals surface area (Å²) < 4.78 is 7.66. The van der Waals surface area contributed by atoms with Gasteiger partial charge >= 0.3 is 0 Å². The van der Waals surface area contributed by atoms with Crippen LogP contribution in [0.25, 0.3) is 0 Å². The van der Waals surface area contributed by atoms with Gasteiger partial charge in [-0.25, -0.2) is 0 Å². The Balaban J connectivity index is 2.38. The second-order valence-corrected chi connectivity index (χ2v) is 7.53. The maximum atomic E-state index is 5.82. The maximum Gasteiger partial charge on any atom is 0.193 e. The third-order valence-corrected chi connectivity index (χ3v) is 4.87. The fourth-order valence-electron chi connectivity index (χ4n) is 1.60. The molecule has 1 N–H and O–H groups in total. The molecule has 0 aliphatic rings. The SMILES string of the molecule is CCNC(c1ccc(Cl)o1)c1cc(Br)sc1Br. The summed E-state index contributed by atoms with van der Waals surface area (Å²) in [6.45, 7) is 2.91. The van der Waals surface area contributed by atoms with Crippen LogP contribution in [0, 0.1) is 0 Å². The van der Waals surface area contributed by atoms with E-state index in [9.17, 15) is 0 Å². The van der Waals surface area contributed by atoms with E-state index < -0.39 is 0 Å². The third-order valence-electron chi connectivity index (χ3n) is 2.28. The van der Waals surface area contributed by atoms with E-state index in [0.29, 0.717) is 5.22 Å². The van der Waals surface area contributed by atoms with Crippen molar-refractivity contribution >= 4 is 54.8 Å². The molecule has 0 bridgehead atoms. The van der Waals surface area contributed by atoms with Gasteiger partial charge in [-0.15, -0.1) is 11.3 Å². The van der Waals surface area contributed by atoms with Crippen LogP contribution in [-0.4, -0.2) is 6.54 Å². The molecule has 0 fully saturated rings. The van der Waals surface area contributed by atoms with Crippen molar-refractivity contribution in [3.05, 3.63) is 42.3 Å². The lowest BCUT2D eigenvalue weighted by Crippen LogP contribution is -2.21. The number of nitrogens with one attached hydrogen (secondary N) is 1. The van der Waals surface area contributed by atoms with Crippen LogP contribution in [-0.2, 0) is 0 Å². The first-order valence-electron chi connectivity index (χ1n) is 5.05. The lowest BCUT2D eigenvalue weighted by Gasteiger charge is -2.14. The number of thiophene rings is 1. The molecule has 0 spiro atoms. The minimum absolute atomic E-state index is 0.0180. The number of hydrogen-bond acceptors (Lipinski definition) is 3. The second-order valence-electron chi connectivity index (χ2n) is 3.41. The highest BCUT2D eigenvalue weighted by Gasteiger charge is 2.21. The largest absolute Gasteiger partial charge is 0.448 e. The summed E-state index contributed by atoms with van der Waals surface area (Å²) in [5.74, 6) is 0.822. The van der Waals surface area contributed by atoms with Gasteiger partial charge in [0.15, 0.2) is 5.22 Å². The predicted octanol–water partition coefficient (Wildman–Crippen LogP) is 5.22. The monoisotopic (exact) mass is 397 g/mol. The number of hydrogen-bond donors (Lipinski definition) is 1. The molecule has 2 heterocycles. The van der Waals surface area contributed by atoms with Crippen molar-refractivity contribution in [2.24, 2.45) is 0 Å². The Hall–Kier alpha value is 0.190. The van der Waals surface area contributed by atoms with Crippen LogP contribution in [0.3, 0.4) is 0 Å². The molecule has 0 amide bonds. The van der Waals surface area contributed by atoms with Crippen molar-refractivity contribution in [1.82, 2.24) is 5.32 Å². The van der Waals surface area contributed by atoms with Crippen molar-refractivity contribution in [1.29, 1.82) is 0 Å². The smallest absolute Gasteiger partial charge is 0.193 e. The van der Waals surface area contributed by atoms with Crippen molar-refractivity contribution in [3.63, 3.8) is 0 Å². The molecule has 6 heteroatoms. The Morgan fingerprint density at radius 3 is 2.71 bits per heavy atom. The summed E-state index contributed by atoms with van der Waals surface area (Å²) >= 11 is 14.5. The molecule has 2 rings (SSSR count). The van der Waals surface area contributed by atoms with E-state index in [2.05, 4.69) is 50.2 Å². The van der Waals surface area contributed by atoms with E-state index in [1.807, 2.05) is 6.07 Å². The topological polar surface area (TPSA) is 25.2 Å². The Labute approximate surface area is 126 Å². The van der Waals surface area contributed by atoms with E-state index in [0.717, 1.165) is 25.4 Å². The van der Waals surface area contributed by atoms with Gasteiger partial charge in [-0.1, -0.05) is 6.92 Å². The van der Waals surface area contributed by atoms with Gasteiger partial charge in [0.25, 0.3) is 0 Å². The average molecular weight is 400 g/mol. The van der Waals surface area contributed by atoms with Crippen LogP contribution >= 0.6 is 54.8 Å². The molecule has 1 atom stereocenters. The highest BCUT2D eigenvalue weighted by Crippen LogP contribution is 2.38. The van der Waals surface area contributed by atoms with Crippen molar-refractivity contribution in [2.45, 2.75) is 13.0 Å². The van der Waals surface area contributed by atoms with Crippen LogP contribution in [0.4, 0.5) is 0 Å². The lowest BCUT2D eigenvalue weighted by molar-refractivity contribution is 0.453. The van der Waals surface area contributed by atoms with Crippen molar-refractivity contribution in [3.8, 4) is 0 Å². The second kappa shape index (κ2) is 5.89. The van der Waals surface area contributed by atoms with Crippen LogP contribution in [0.15, 0.2) is 30.2 Å². The molecule has 2 aromatic heterocycles. The van der Waals surface area contributed by atoms with Crippen LogP contribution in [0.5, 0.6) is 0 Å². The summed E-state index contributed by atoms with van der Waals surface area (Å²) in [6.07, 6.45) is 0. The summed E-state index contributed by atoms with van der Waals surface area (Å²) in [6, 6.07) is 5.76. The average Bonchev–Trinajstić information content (AvgIpc) is 2.82. The van der Waals surface area contributed by atoms with E-state index in [1.54, 1.807) is 17.4 Å². The minimum Gasteiger partial charge on any atom is -0.448 e. The molecule has 92 valence electrons. The molecule has 0 aliphatic heterocycles. The molecule has 2 nitrogen and oxygen atoms in total. The third kappa shape index (κ3) is 3.15. The Morgan fingerprint density at radius 2 is 2.24 bits per heavy atom. The number of halogens is 3. The van der Waals surface area contributed by atoms with Gasteiger partial charge in [0.2, 0.25) is 0 Å². The van der Waals surface area contributed by atoms with E-state index >= 15 is 0 Å². The Bertz CT molecular complexity index is 511. The zero-order chi connectivity index (χ0) is 12.4. The summed E-state index contributed by atoms with van der Waals surface area (Å²) in [7, 11) is 0. The number of rotatable bonds is 4. The van der Waals surface area contributed by atoms with Crippen LogP contribution < -0.4 is 5.32 Å². The van der Waals surface area contributed by atoms with Gasteiger partial charge < -0.3 is 9.73 Å². The standard InChI is InChI=1S/C11H10Br2ClNOS/c1-2-15-10(7-3-4-9(14)16-7)6-5-8(12)17-11(6)13/h3-5,10,15H,2H2,1H3. The highest BCUT2D eigenvalue weighted by molar-refractivity contribution is 9.12. The molecule has 0 saturated carbocycles. The minimum atomic E-state index is 0.0180. The molecule has 0 aromatic carbocycles. The van der Waals surface area contributed by atoms with Gasteiger partial charge in [0.05, 0.1) is 13.6 Å². The van der Waals surface area contributed by atoms with Crippen LogP contribution in [0.2, 0.25) is 5.22 Å². The van der Waals surface area contributed by atoms with E-state index in [4.69, 9.17) is 16.0 Å².